The summed E-state index contributed by atoms with van der Waals surface area (Å²) < 4.78 is 0. The first-order chi connectivity index (χ1) is 9.52. The van der Waals surface area contributed by atoms with Crippen LogP contribution in [0.2, 0.25) is 0 Å². The molecule has 1 aliphatic heterocycles. The zero-order chi connectivity index (χ0) is 14.7. The third-order valence-corrected chi connectivity index (χ3v) is 3.84. The molecule has 0 aromatic carbocycles. The molecule has 0 spiro atoms. The van der Waals surface area contributed by atoms with E-state index in [4.69, 9.17) is 0 Å². The van der Waals surface area contributed by atoms with Crippen molar-refractivity contribution in [3.63, 3.8) is 0 Å². The molecule has 1 atom stereocenters. The second kappa shape index (κ2) is 6.17. The predicted molar refractivity (Wildman–Crippen MR) is 74.5 cm³/mol. The van der Waals surface area contributed by atoms with Crippen LogP contribution in [0.5, 0.6) is 0 Å². The average Bonchev–Trinajstić information content (AvgIpc) is 2.85. The lowest BCUT2D eigenvalue weighted by Crippen LogP contribution is -2.38. The number of H-pyrrole nitrogens is 1. The zero-order valence-electron chi connectivity index (χ0n) is 12.0. The van der Waals surface area contributed by atoms with Crippen molar-refractivity contribution < 1.29 is 9.90 Å². The Balaban J connectivity index is 2.02. The fraction of sp³-hybridized carbons (Fsp3) is 0.643. The number of nitrogens with zero attached hydrogens (tertiary/aromatic N) is 2. The van der Waals surface area contributed by atoms with Crippen LogP contribution in [0.25, 0.3) is 0 Å². The van der Waals surface area contributed by atoms with E-state index in [1.807, 2.05) is 0 Å². The van der Waals surface area contributed by atoms with Crippen molar-refractivity contribution in [2.45, 2.75) is 45.6 Å². The number of aliphatic hydroxyl groups is 1. The Labute approximate surface area is 117 Å². The smallest absolute Gasteiger partial charge is 0.254 e. The van der Waals surface area contributed by atoms with Crippen LogP contribution >= 0.6 is 0 Å². The molecule has 0 aliphatic carbocycles. The number of rotatable bonds is 4. The molecule has 1 saturated heterocycles. The molecule has 20 heavy (non-hydrogen) atoms. The highest BCUT2D eigenvalue weighted by Gasteiger charge is 2.27. The molecule has 0 unspecified atom stereocenters. The van der Waals surface area contributed by atoms with E-state index in [9.17, 15) is 14.7 Å². The van der Waals surface area contributed by atoms with Crippen LogP contribution in [-0.4, -0.2) is 45.1 Å². The minimum atomic E-state index is -0.164. The molecule has 110 valence electrons. The molecule has 0 bridgehead atoms. The minimum Gasteiger partial charge on any atom is -0.394 e. The summed E-state index contributed by atoms with van der Waals surface area (Å²) in [6.07, 6.45) is 2.46. The van der Waals surface area contributed by atoms with Gasteiger partial charge in [0.1, 0.15) is 5.82 Å². The zero-order valence-corrected chi connectivity index (χ0v) is 12.0. The van der Waals surface area contributed by atoms with Crippen molar-refractivity contribution in [3.8, 4) is 0 Å². The highest BCUT2D eigenvalue weighted by atomic mass is 16.3. The predicted octanol–water partition coefficient (Wildman–Crippen LogP) is 0.303. The van der Waals surface area contributed by atoms with Gasteiger partial charge in [-0.3, -0.25) is 9.59 Å². The van der Waals surface area contributed by atoms with Crippen molar-refractivity contribution in [2.75, 3.05) is 13.2 Å². The van der Waals surface area contributed by atoms with Crippen molar-refractivity contribution in [3.05, 3.63) is 27.4 Å². The molecule has 6 heteroatoms. The molecule has 2 heterocycles. The average molecular weight is 279 g/mol. The van der Waals surface area contributed by atoms with E-state index in [1.54, 1.807) is 18.7 Å². The number of carbonyl (C=O) groups excluding carboxylic acids is 1. The minimum absolute atomic E-state index is 0.000856. The largest absolute Gasteiger partial charge is 0.394 e. The Bertz CT molecular complexity index is 553. The first-order valence-electron chi connectivity index (χ1n) is 6.99. The maximum absolute atomic E-state index is 12.2. The molecule has 1 aromatic rings. The van der Waals surface area contributed by atoms with Gasteiger partial charge in [0.2, 0.25) is 5.91 Å². The van der Waals surface area contributed by atoms with E-state index in [0.717, 1.165) is 12.8 Å². The number of aryl methyl sites for hydroxylation is 2. The van der Waals surface area contributed by atoms with Crippen LogP contribution in [0.4, 0.5) is 0 Å². The maximum atomic E-state index is 12.2. The van der Waals surface area contributed by atoms with E-state index in [2.05, 4.69) is 9.97 Å². The molecule has 1 aromatic heterocycles. The number of aromatic amines is 1. The van der Waals surface area contributed by atoms with Gasteiger partial charge in [-0.25, -0.2) is 4.98 Å². The molecular formula is C14H21N3O3. The highest BCUT2D eigenvalue weighted by molar-refractivity contribution is 5.77. The molecule has 2 N–H and O–H groups in total. The summed E-state index contributed by atoms with van der Waals surface area (Å²) in [5.74, 6) is 0.586. The Morgan fingerprint density at radius 3 is 2.90 bits per heavy atom. The Morgan fingerprint density at radius 1 is 1.50 bits per heavy atom. The maximum Gasteiger partial charge on any atom is 0.254 e. The summed E-state index contributed by atoms with van der Waals surface area (Å²) >= 11 is 0. The van der Waals surface area contributed by atoms with Gasteiger partial charge in [-0.2, -0.15) is 0 Å². The summed E-state index contributed by atoms with van der Waals surface area (Å²) in [5.41, 5.74) is 1.09. The van der Waals surface area contributed by atoms with Gasteiger partial charge in [0, 0.05) is 24.2 Å². The van der Waals surface area contributed by atoms with E-state index < -0.39 is 0 Å². The van der Waals surface area contributed by atoms with Crippen molar-refractivity contribution in [2.24, 2.45) is 0 Å². The monoisotopic (exact) mass is 279 g/mol. The molecular weight excluding hydrogens is 258 g/mol. The Kier molecular flexibility index (Phi) is 4.54. The SMILES string of the molecule is Cc1nc(C)c(CCC(=O)N2CCC[C@@H]2CO)c(=O)[nH]1. The summed E-state index contributed by atoms with van der Waals surface area (Å²) in [6, 6.07) is -0.0574. The van der Waals surface area contributed by atoms with E-state index in [1.165, 1.54) is 0 Å². The number of amides is 1. The molecule has 2 rings (SSSR count). The summed E-state index contributed by atoms with van der Waals surface area (Å²) in [7, 11) is 0. The lowest BCUT2D eigenvalue weighted by atomic mass is 10.1. The van der Waals surface area contributed by atoms with Gasteiger partial charge in [-0.15, -0.1) is 0 Å². The topological polar surface area (TPSA) is 86.3 Å². The molecule has 1 fully saturated rings. The number of hydrogen-bond donors (Lipinski definition) is 2. The fourth-order valence-electron chi connectivity index (χ4n) is 2.77. The molecule has 6 nitrogen and oxygen atoms in total. The van der Waals surface area contributed by atoms with Crippen molar-refractivity contribution in [1.29, 1.82) is 0 Å². The number of aromatic nitrogens is 2. The van der Waals surface area contributed by atoms with Crippen LogP contribution < -0.4 is 5.56 Å². The van der Waals surface area contributed by atoms with Gasteiger partial charge in [0.25, 0.3) is 5.56 Å². The summed E-state index contributed by atoms with van der Waals surface area (Å²) in [6.45, 7) is 4.23. The first-order valence-corrected chi connectivity index (χ1v) is 6.99. The first kappa shape index (κ1) is 14.7. The Hall–Kier alpha value is -1.69. The number of nitrogens with one attached hydrogen (secondary N) is 1. The van der Waals surface area contributed by atoms with Crippen LogP contribution in [0.3, 0.4) is 0 Å². The van der Waals surface area contributed by atoms with Gasteiger partial charge in [0.15, 0.2) is 0 Å². The van der Waals surface area contributed by atoms with Crippen molar-refractivity contribution >= 4 is 5.91 Å². The quantitative estimate of drug-likeness (QED) is 0.830. The van der Waals surface area contributed by atoms with Crippen LogP contribution in [0, 0.1) is 13.8 Å². The number of aliphatic hydroxyl groups excluding tert-OH is 1. The second-order valence-corrected chi connectivity index (χ2v) is 5.28. The van der Waals surface area contributed by atoms with Crippen LogP contribution in [0.1, 0.15) is 36.3 Å². The van der Waals surface area contributed by atoms with Crippen molar-refractivity contribution in [1.82, 2.24) is 14.9 Å². The van der Waals surface area contributed by atoms with Crippen LogP contribution in [-0.2, 0) is 11.2 Å². The standard InChI is InChI=1S/C14H21N3O3/c1-9-12(14(20)16-10(2)15-9)5-6-13(19)17-7-3-4-11(17)8-18/h11,18H,3-8H2,1-2H3,(H,15,16,20)/t11-/m1/s1. The second-order valence-electron chi connectivity index (χ2n) is 5.28. The number of hydrogen-bond acceptors (Lipinski definition) is 4. The van der Waals surface area contributed by atoms with Gasteiger partial charge in [0.05, 0.1) is 12.6 Å². The van der Waals surface area contributed by atoms with Gasteiger partial charge in [-0.1, -0.05) is 0 Å². The van der Waals surface area contributed by atoms with E-state index in [-0.39, 0.29) is 30.5 Å². The molecule has 0 radical (unpaired) electrons. The molecule has 1 aliphatic rings. The third-order valence-electron chi connectivity index (χ3n) is 3.84. The highest BCUT2D eigenvalue weighted by Crippen LogP contribution is 2.18. The third kappa shape index (κ3) is 3.07. The number of carbonyl (C=O) groups is 1. The molecule has 1 amide bonds. The van der Waals surface area contributed by atoms with E-state index >= 15 is 0 Å². The van der Waals surface area contributed by atoms with Gasteiger partial charge >= 0.3 is 0 Å². The number of likely N-dealkylation sites (tertiary alicyclic amines) is 1. The fourth-order valence-corrected chi connectivity index (χ4v) is 2.77. The Morgan fingerprint density at radius 2 is 2.25 bits per heavy atom. The van der Waals surface area contributed by atoms with Crippen LogP contribution in [0.15, 0.2) is 4.79 Å². The summed E-state index contributed by atoms with van der Waals surface area (Å²) in [4.78, 5) is 32.6. The van der Waals surface area contributed by atoms with E-state index in [0.29, 0.717) is 30.0 Å². The lowest BCUT2D eigenvalue weighted by molar-refractivity contribution is -0.132. The summed E-state index contributed by atoms with van der Waals surface area (Å²) in [5, 5.41) is 9.23. The van der Waals surface area contributed by atoms with Gasteiger partial charge < -0.3 is 15.0 Å². The normalized spacial score (nSPS) is 18.6. The van der Waals surface area contributed by atoms with Gasteiger partial charge in [-0.05, 0) is 33.1 Å². The molecule has 0 saturated carbocycles. The lowest BCUT2D eigenvalue weighted by Gasteiger charge is -2.23.